The molecule has 6 saturated heterocycles. The van der Waals surface area contributed by atoms with E-state index in [0.29, 0.717) is 63.9 Å². The quantitative estimate of drug-likeness (QED) is 0.194. The second-order valence-corrected chi connectivity index (χ2v) is 21.7. The number of aliphatic carboxylic acids is 2. The van der Waals surface area contributed by atoms with Gasteiger partial charge < -0.3 is 34.4 Å². The zero-order valence-corrected chi connectivity index (χ0v) is 41.5. The Kier molecular flexibility index (Phi) is 18.8. The van der Waals surface area contributed by atoms with Crippen molar-refractivity contribution in [1.29, 1.82) is 0 Å². The Balaban J connectivity index is 0.000000180. The molecule has 0 bridgehead atoms. The number of aliphatic hydroxyl groups excluding tert-OH is 1. The molecule has 18 heteroatoms. The number of fused-ring (bicyclic) bond motifs is 3. The number of aliphatic hydroxyl groups is 1. The number of aromatic nitrogens is 1. The van der Waals surface area contributed by atoms with Crippen LogP contribution >= 0.6 is 0 Å². The monoisotopic (exact) mass is 968 g/mol. The molecule has 7 aliphatic heterocycles. The number of benzene rings is 1. The van der Waals surface area contributed by atoms with Crippen molar-refractivity contribution in [2.24, 2.45) is 23.7 Å². The van der Waals surface area contributed by atoms with Gasteiger partial charge in [-0.15, -0.1) is 0 Å². The minimum Gasteiger partial charge on any atom is -0.481 e. The lowest BCUT2D eigenvalue weighted by Gasteiger charge is -2.46. The highest BCUT2D eigenvalue weighted by atomic mass is 32.2. The van der Waals surface area contributed by atoms with Crippen molar-refractivity contribution < 1.29 is 47.5 Å². The highest BCUT2D eigenvalue weighted by Gasteiger charge is 2.50. The minimum absolute atomic E-state index is 0.0177. The van der Waals surface area contributed by atoms with Crippen LogP contribution in [0.3, 0.4) is 0 Å². The third-order valence-corrected chi connectivity index (χ3v) is 18.3. The van der Waals surface area contributed by atoms with Crippen LogP contribution in [0.2, 0.25) is 0 Å². The van der Waals surface area contributed by atoms with Crippen LogP contribution in [0.4, 0.5) is 5.69 Å². The molecule has 1 aliphatic carbocycles. The van der Waals surface area contributed by atoms with Crippen LogP contribution in [-0.2, 0) is 33.8 Å². The van der Waals surface area contributed by atoms with Crippen molar-refractivity contribution in [3.63, 3.8) is 0 Å². The van der Waals surface area contributed by atoms with Gasteiger partial charge in [-0.2, -0.15) is 0 Å². The van der Waals surface area contributed by atoms with Crippen molar-refractivity contribution in [3.05, 3.63) is 36.0 Å². The Morgan fingerprint density at radius 1 is 0.809 bits per heavy atom. The number of nitrogens with zero attached hydrogens (tertiary/aromatic N) is 5. The number of sulfonamides is 1. The molecule has 1 aromatic heterocycles. The second-order valence-electron chi connectivity index (χ2n) is 19.5. The van der Waals surface area contributed by atoms with E-state index in [1.165, 1.54) is 16.6 Å². The molecule has 0 spiro atoms. The molecule has 1 saturated carbocycles. The third kappa shape index (κ3) is 12.3. The van der Waals surface area contributed by atoms with Crippen LogP contribution in [0.5, 0.6) is 0 Å². The Hall–Kier alpha value is -3.64. The summed E-state index contributed by atoms with van der Waals surface area (Å²) in [6.07, 6.45) is 13.5. The summed E-state index contributed by atoms with van der Waals surface area (Å²) < 4.78 is 44.3. The Morgan fingerprint density at radius 3 is 1.96 bits per heavy atom. The molecule has 5 N–H and O–H groups in total. The highest BCUT2D eigenvalue weighted by Crippen LogP contribution is 2.45. The first-order valence-corrected chi connectivity index (χ1v) is 26.8. The standard InChI is InChI=1S/C24H32N4O3.C21H37N3O6S.C3H2O.C2H6/c1-31-19-7-10-27(11-8-19)20-5-4-16-3-2-9-25-24(16)23(20)17-6-12-28-21(13-17)18(15-26-28)14-22(29)30;1-30-16-6-8-23(9-7-16)31(28,29)19-4-2-3-18(25)21(19)14-5-10-24-17(11-14)15(13-22-24)12-20(26)27;1-2-4-3-1;1-2/h2-5,9,17-19,21,26H,6-8,10-15H2,1H3,(H,29,30);14-19,21-22,25H,2-13H2,1H3,(H,26,27);2H2;1-2H3. The van der Waals surface area contributed by atoms with E-state index in [1.54, 1.807) is 11.4 Å². The number of methoxy groups -OCH3 is 2. The topological polar surface area (TPSA) is 207 Å². The maximum absolute atomic E-state index is 13.6. The molecular weight excluding hydrogens is 891 g/mol. The highest BCUT2D eigenvalue weighted by molar-refractivity contribution is 7.89. The fourth-order valence-corrected chi connectivity index (χ4v) is 14.8. The van der Waals surface area contributed by atoms with Crippen LogP contribution in [0.1, 0.15) is 109 Å². The van der Waals surface area contributed by atoms with Crippen molar-refractivity contribution in [3.8, 4) is 12.0 Å². The van der Waals surface area contributed by atoms with Gasteiger partial charge in [0.25, 0.3) is 0 Å². The zero-order valence-electron chi connectivity index (χ0n) is 40.6. The van der Waals surface area contributed by atoms with Gasteiger partial charge in [-0.3, -0.25) is 25.4 Å². The number of ether oxygens (including phenoxy) is 3. The maximum Gasteiger partial charge on any atom is 0.303 e. The van der Waals surface area contributed by atoms with Gasteiger partial charge >= 0.3 is 11.9 Å². The Bertz CT molecular complexity index is 2130. The first kappa shape index (κ1) is 52.2. The number of carboxylic acid groups (broad SMARTS) is 2. The third-order valence-electron chi connectivity index (χ3n) is 15.9. The smallest absolute Gasteiger partial charge is 0.303 e. The second kappa shape index (κ2) is 24.5. The maximum atomic E-state index is 13.6. The zero-order chi connectivity index (χ0) is 48.4. The van der Waals surface area contributed by atoms with E-state index in [-0.39, 0.29) is 54.7 Å². The molecule has 8 aliphatic rings. The molecule has 7 fully saturated rings. The molecule has 9 atom stereocenters. The number of nitrogens with one attached hydrogen (secondary N) is 2. The number of hydrogen-bond acceptors (Lipinski definition) is 14. The molecule has 378 valence electrons. The first-order valence-electron chi connectivity index (χ1n) is 25.3. The number of piperidine rings is 4. The lowest BCUT2D eigenvalue weighted by Crippen LogP contribution is -2.55. The van der Waals surface area contributed by atoms with Crippen molar-refractivity contribution in [2.75, 3.05) is 78.1 Å². The van der Waals surface area contributed by atoms with Crippen molar-refractivity contribution in [1.82, 2.24) is 30.2 Å². The number of hydrazine groups is 2. The lowest BCUT2D eigenvalue weighted by atomic mass is 9.71. The van der Waals surface area contributed by atoms with Crippen LogP contribution < -0.4 is 15.8 Å². The summed E-state index contributed by atoms with van der Waals surface area (Å²) in [6, 6.07) is 8.98. The molecule has 2 aromatic rings. The summed E-state index contributed by atoms with van der Waals surface area (Å²) in [5.41, 5.74) is 10.5. The fourth-order valence-electron chi connectivity index (χ4n) is 12.4. The van der Waals surface area contributed by atoms with Gasteiger partial charge in [0.05, 0.1) is 41.9 Å². The predicted octanol–water partition coefficient (Wildman–Crippen LogP) is 4.66. The van der Waals surface area contributed by atoms with E-state index in [9.17, 15) is 33.3 Å². The molecule has 1 aromatic carbocycles. The molecule has 0 radical (unpaired) electrons. The largest absolute Gasteiger partial charge is 0.481 e. The van der Waals surface area contributed by atoms with Crippen LogP contribution in [-0.4, -0.2) is 164 Å². The van der Waals surface area contributed by atoms with Gasteiger partial charge in [0, 0.05) is 119 Å². The summed E-state index contributed by atoms with van der Waals surface area (Å²) in [7, 11) is -0.0293. The van der Waals surface area contributed by atoms with E-state index < -0.39 is 33.3 Å². The van der Waals surface area contributed by atoms with E-state index in [2.05, 4.69) is 60.7 Å². The number of pyridine rings is 1. The fraction of sp³-hybridized carbons (Fsp3) is 0.740. The SMILES string of the molecule is C1#COC1.CC.COC1CCN(S(=O)(=O)C2CCCC(O)C2C2CCN3NCC(CC(=O)O)C3C2)CC1.COC1CCN(c2ccc3cccnc3c2C2CCN3NCC(CC(=O)O)C3C2)CC1. The summed E-state index contributed by atoms with van der Waals surface area (Å²) in [5.74, 6) is 1.49. The molecule has 0 amide bonds. The number of rotatable bonds is 11. The van der Waals surface area contributed by atoms with E-state index in [1.807, 2.05) is 33.2 Å². The van der Waals surface area contributed by atoms with Gasteiger partial charge in [-0.05, 0) is 101 Å². The number of carbonyl (C=O) groups is 2. The lowest BCUT2D eigenvalue weighted by molar-refractivity contribution is -0.139. The molecule has 17 nitrogen and oxygen atoms in total. The molecule has 10 rings (SSSR count). The van der Waals surface area contributed by atoms with E-state index in [4.69, 9.17) is 14.5 Å². The van der Waals surface area contributed by atoms with Crippen LogP contribution in [0.25, 0.3) is 10.9 Å². The van der Waals surface area contributed by atoms with Gasteiger partial charge in [-0.25, -0.2) is 22.7 Å². The minimum atomic E-state index is -3.51. The number of hydrogen-bond donors (Lipinski definition) is 5. The van der Waals surface area contributed by atoms with Gasteiger partial charge in [-0.1, -0.05) is 26.0 Å². The van der Waals surface area contributed by atoms with Gasteiger partial charge in [0.2, 0.25) is 10.0 Å². The average molecular weight is 968 g/mol. The van der Waals surface area contributed by atoms with E-state index in [0.717, 1.165) is 83.2 Å². The molecular formula is C50H77N7O10S. The van der Waals surface area contributed by atoms with Crippen LogP contribution in [0, 0.1) is 35.7 Å². The van der Waals surface area contributed by atoms with Crippen molar-refractivity contribution in [2.45, 2.75) is 139 Å². The Labute approximate surface area is 403 Å². The van der Waals surface area contributed by atoms with Crippen LogP contribution in [0.15, 0.2) is 30.5 Å². The summed E-state index contributed by atoms with van der Waals surface area (Å²) in [5, 5.41) is 34.6. The molecule has 68 heavy (non-hydrogen) atoms. The van der Waals surface area contributed by atoms with Gasteiger partial charge in [0.1, 0.15) is 6.11 Å². The molecule has 9 unspecified atom stereocenters. The van der Waals surface area contributed by atoms with E-state index >= 15 is 0 Å². The first-order chi connectivity index (χ1) is 32.9. The average Bonchev–Trinajstić information content (AvgIpc) is 3.93. The predicted molar refractivity (Wildman–Crippen MR) is 260 cm³/mol. The molecule has 8 heterocycles. The van der Waals surface area contributed by atoms with Crippen molar-refractivity contribution >= 4 is 38.6 Å². The summed E-state index contributed by atoms with van der Waals surface area (Å²) in [6.45, 7) is 10.7. The normalized spacial score (nSPS) is 31.1. The van der Waals surface area contributed by atoms with Gasteiger partial charge in [0.15, 0.2) is 6.61 Å². The number of anilines is 1. The Morgan fingerprint density at radius 2 is 1.38 bits per heavy atom. The summed E-state index contributed by atoms with van der Waals surface area (Å²) >= 11 is 0. The summed E-state index contributed by atoms with van der Waals surface area (Å²) in [4.78, 5) is 30.0. The number of carboxylic acids is 2.